The molecule has 3 aromatic heterocycles. The van der Waals surface area contributed by atoms with Crippen molar-refractivity contribution in [3.8, 4) is 50.7 Å². The Hall–Kier alpha value is -6.36. The van der Waals surface area contributed by atoms with Gasteiger partial charge in [0.05, 0.1) is 22.4 Å². The van der Waals surface area contributed by atoms with Gasteiger partial charge < -0.3 is 0 Å². The van der Waals surface area contributed by atoms with Gasteiger partial charge in [0.1, 0.15) is 0 Å². The summed E-state index contributed by atoms with van der Waals surface area (Å²) in [6, 6.07) is 59.0. The van der Waals surface area contributed by atoms with Crippen LogP contribution in [0.25, 0.3) is 92.7 Å². The summed E-state index contributed by atoms with van der Waals surface area (Å²) in [5.74, 6) is 0.667. The molecule has 0 N–H and O–H groups in total. The number of fused-ring (bicyclic) bond motifs is 10. The van der Waals surface area contributed by atoms with Crippen molar-refractivity contribution < 1.29 is 0 Å². The average Bonchev–Trinajstić information content (AvgIpc) is 3.84. The summed E-state index contributed by atoms with van der Waals surface area (Å²) in [5.41, 5.74) is 13.7. The van der Waals surface area contributed by atoms with Crippen LogP contribution < -0.4 is 0 Å². The standard InChI is InChI=1S/C49H33N3S/c1-49(2)39-23-9-6-18-33(39)35-26-27-43-45(46(35)49)38-20-7-10-24-42(38)52(43)48-50-40(32-17-12-16-31(28-32)30-14-4-3-5-15-30)29-41(51-48)37-22-13-21-36-34-19-8-11-25-44(34)53-47(36)37/h3-29H,1-2H3. The van der Waals surface area contributed by atoms with Gasteiger partial charge in [-0.1, -0.05) is 147 Å². The fourth-order valence-corrected chi connectivity index (χ4v) is 10.0. The highest BCUT2D eigenvalue weighted by Crippen LogP contribution is 2.53. The van der Waals surface area contributed by atoms with E-state index in [1.165, 1.54) is 58.8 Å². The number of hydrogen-bond acceptors (Lipinski definition) is 3. The third-order valence-electron chi connectivity index (χ3n) is 11.2. The molecule has 0 bridgehead atoms. The highest BCUT2D eigenvalue weighted by Gasteiger charge is 2.38. The zero-order valence-electron chi connectivity index (χ0n) is 29.3. The molecule has 0 saturated heterocycles. The lowest BCUT2D eigenvalue weighted by Crippen LogP contribution is -2.15. The van der Waals surface area contributed by atoms with Gasteiger partial charge in [0, 0.05) is 47.5 Å². The SMILES string of the molecule is CC1(C)c2ccccc2-c2ccc3c(c21)c1ccccc1n3-c1nc(-c2cccc(-c3ccccc3)c2)cc(-c2cccc3c2sc2ccccc23)n1. The topological polar surface area (TPSA) is 30.7 Å². The summed E-state index contributed by atoms with van der Waals surface area (Å²) in [4.78, 5) is 11.0. The van der Waals surface area contributed by atoms with Crippen molar-refractivity contribution in [2.75, 3.05) is 0 Å². The van der Waals surface area contributed by atoms with Crippen molar-refractivity contribution in [1.82, 2.24) is 14.5 Å². The largest absolute Gasteiger partial charge is 0.278 e. The molecule has 0 saturated carbocycles. The third kappa shape index (κ3) is 4.46. The van der Waals surface area contributed by atoms with Crippen molar-refractivity contribution in [1.29, 1.82) is 0 Å². The zero-order chi connectivity index (χ0) is 35.3. The molecule has 0 radical (unpaired) electrons. The Morgan fingerprint density at radius 2 is 1.17 bits per heavy atom. The normalized spacial score (nSPS) is 13.2. The number of benzene rings is 7. The predicted octanol–water partition coefficient (Wildman–Crippen LogP) is 13.2. The Balaban J connectivity index is 1.21. The molecule has 4 heteroatoms. The lowest BCUT2D eigenvalue weighted by Gasteiger charge is -2.22. The van der Waals surface area contributed by atoms with Crippen LogP contribution in [0.1, 0.15) is 25.0 Å². The van der Waals surface area contributed by atoms with Gasteiger partial charge in [-0.2, -0.15) is 0 Å². The second-order valence-electron chi connectivity index (χ2n) is 14.6. The van der Waals surface area contributed by atoms with Crippen molar-refractivity contribution in [2.24, 2.45) is 0 Å². The number of thiophene rings is 1. The van der Waals surface area contributed by atoms with Crippen molar-refractivity contribution in [2.45, 2.75) is 19.3 Å². The quantitative estimate of drug-likeness (QED) is 0.183. The van der Waals surface area contributed by atoms with Crippen LogP contribution >= 0.6 is 11.3 Å². The van der Waals surface area contributed by atoms with Gasteiger partial charge in [0.15, 0.2) is 0 Å². The summed E-state index contributed by atoms with van der Waals surface area (Å²) in [6.45, 7) is 4.73. The van der Waals surface area contributed by atoms with E-state index in [2.05, 4.69) is 182 Å². The van der Waals surface area contributed by atoms with E-state index in [9.17, 15) is 0 Å². The van der Waals surface area contributed by atoms with Gasteiger partial charge in [-0.3, -0.25) is 4.57 Å². The molecule has 7 aromatic carbocycles. The van der Waals surface area contributed by atoms with E-state index in [4.69, 9.17) is 9.97 Å². The lowest BCUT2D eigenvalue weighted by molar-refractivity contribution is 0.666. The molecular formula is C49H33N3S. The molecule has 3 nitrogen and oxygen atoms in total. The fourth-order valence-electron chi connectivity index (χ4n) is 8.81. The Morgan fingerprint density at radius 1 is 0.491 bits per heavy atom. The first-order valence-corrected chi connectivity index (χ1v) is 19.0. The second kappa shape index (κ2) is 11.3. The summed E-state index contributed by atoms with van der Waals surface area (Å²) >= 11 is 1.83. The molecule has 1 aliphatic carbocycles. The predicted molar refractivity (Wildman–Crippen MR) is 223 cm³/mol. The van der Waals surface area contributed by atoms with Crippen LogP contribution in [0.3, 0.4) is 0 Å². The Morgan fingerprint density at radius 3 is 2.08 bits per heavy atom. The number of aromatic nitrogens is 3. The third-order valence-corrected chi connectivity index (χ3v) is 12.4. The van der Waals surface area contributed by atoms with E-state index in [1.807, 2.05) is 11.3 Å². The monoisotopic (exact) mass is 695 g/mol. The van der Waals surface area contributed by atoms with Crippen LogP contribution in [-0.2, 0) is 5.41 Å². The van der Waals surface area contributed by atoms with Gasteiger partial charge in [-0.25, -0.2) is 9.97 Å². The Kier molecular flexibility index (Phi) is 6.47. The fraction of sp³-hybridized carbons (Fsp3) is 0.0612. The van der Waals surface area contributed by atoms with E-state index >= 15 is 0 Å². The zero-order valence-corrected chi connectivity index (χ0v) is 30.2. The maximum Gasteiger partial charge on any atom is 0.235 e. The number of hydrogen-bond donors (Lipinski definition) is 0. The van der Waals surface area contributed by atoms with E-state index in [-0.39, 0.29) is 5.41 Å². The molecule has 0 atom stereocenters. The number of para-hydroxylation sites is 1. The minimum Gasteiger partial charge on any atom is -0.278 e. The molecule has 250 valence electrons. The Labute approximate surface area is 311 Å². The van der Waals surface area contributed by atoms with Gasteiger partial charge in [-0.15, -0.1) is 11.3 Å². The first kappa shape index (κ1) is 30.3. The minimum atomic E-state index is -0.164. The summed E-state index contributed by atoms with van der Waals surface area (Å²) in [6.07, 6.45) is 0. The van der Waals surface area contributed by atoms with Gasteiger partial charge in [0.2, 0.25) is 5.95 Å². The van der Waals surface area contributed by atoms with Gasteiger partial charge in [-0.05, 0) is 63.7 Å². The number of rotatable bonds is 4. The van der Waals surface area contributed by atoms with Crippen molar-refractivity contribution in [3.05, 3.63) is 175 Å². The summed E-state index contributed by atoms with van der Waals surface area (Å²) < 4.78 is 4.81. The molecule has 0 aliphatic heterocycles. The smallest absolute Gasteiger partial charge is 0.235 e. The summed E-state index contributed by atoms with van der Waals surface area (Å²) in [5, 5.41) is 5.02. The van der Waals surface area contributed by atoms with E-state index in [1.54, 1.807) is 0 Å². The van der Waals surface area contributed by atoms with Crippen LogP contribution in [0.15, 0.2) is 164 Å². The molecule has 11 rings (SSSR count). The molecular weight excluding hydrogens is 663 g/mol. The van der Waals surface area contributed by atoms with Crippen molar-refractivity contribution >= 4 is 53.3 Å². The van der Waals surface area contributed by atoms with Crippen LogP contribution in [-0.4, -0.2) is 14.5 Å². The van der Waals surface area contributed by atoms with Gasteiger partial charge >= 0.3 is 0 Å². The van der Waals surface area contributed by atoms with Crippen molar-refractivity contribution in [3.63, 3.8) is 0 Å². The molecule has 0 spiro atoms. The van der Waals surface area contributed by atoms with E-state index < -0.39 is 0 Å². The molecule has 10 aromatic rings. The van der Waals surface area contributed by atoms with E-state index in [0.717, 1.165) is 39.1 Å². The molecule has 3 heterocycles. The molecule has 0 amide bonds. The lowest BCUT2D eigenvalue weighted by atomic mass is 9.80. The summed E-state index contributed by atoms with van der Waals surface area (Å²) in [7, 11) is 0. The molecule has 0 fully saturated rings. The van der Waals surface area contributed by atoms with Crippen LogP contribution in [0, 0.1) is 0 Å². The molecule has 1 aliphatic rings. The Bertz CT molecular complexity index is 3090. The first-order chi connectivity index (χ1) is 26.0. The van der Waals surface area contributed by atoms with Gasteiger partial charge in [0.25, 0.3) is 0 Å². The highest BCUT2D eigenvalue weighted by molar-refractivity contribution is 7.26. The maximum atomic E-state index is 5.50. The van der Waals surface area contributed by atoms with Crippen LogP contribution in [0.4, 0.5) is 0 Å². The molecule has 53 heavy (non-hydrogen) atoms. The van der Waals surface area contributed by atoms with E-state index in [0.29, 0.717) is 5.95 Å². The van der Waals surface area contributed by atoms with Crippen LogP contribution in [0.2, 0.25) is 0 Å². The second-order valence-corrected chi connectivity index (χ2v) is 15.6. The highest BCUT2D eigenvalue weighted by atomic mass is 32.1. The maximum absolute atomic E-state index is 5.50. The molecule has 0 unspecified atom stereocenters. The van der Waals surface area contributed by atoms with Crippen LogP contribution in [0.5, 0.6) is 0 Å². The first-order valence-electron chi connectivity index (χ1n) is 18.2. The minimum absolute atomic E-state index is 0.164. The number of nitrogens with zero attached hydrogens (tertiary/aromatic N) is 3. The average molecular weight is 696 g/mol.